The highest BCUT2D eigenvalue weighted by Gasteiger charge is 2.67. The largest absolute Gasteiger partial charge is 0.475 e. The Morgan fingerprint density at radius 3 is 2.73 bits per heavy atom. The van der Waals surface area contributed by atoms with Crippen molar-refractivity contribution in [3.05, 3.63) is 65.8 Å². The number of carbonyl (C=O) groups is 2. The number of carbonyl (C=O) groups excluding carboxylic acids is 2. The van der Waals surface area contributed by atoms with Crippen LogP contribution in [0.15, 0.2) is 60.2 Å². The summed E-state index contributed by atoms with van der Waals surface area (Å²) >= 11 is 0. The number of fused-ring (bicyclic) bond motifs is 1. The fraction of sp³-hybridized carbons (Fsp3) is 0.273. The van der Waals surface area contributed by atoms with Crippen LogP contribution in [-0.4, -0.2) is 29.4 Å². The third-order valence-electron chi connectivity index (χ3n) is 5.92. The zero-order valence-electron chi connectivity index (χ0n) is 14.6. The van der Waals surface area contributed by atoms with Crippen molar-refractivity contribution in [3.63, 3.8) is 0 Å². The van der Waals surface area contributed by atoms with Crippen LogP contribution in [0.4, 0.5) is 0 Å². The number of Topliss-reactive ketones (excluding diaryl/α,β-unsaturated/α-hetero) is 1. The normalized spacial score (nSPS) is 32.1. The molecule has 2 aromatic carbocycles. The minimum Gasteiger partial charge on any atom is -0.475 e. The van der Waals surface area contributed by atoms with Crippen molar-refractivity contribution in [1.29, 1.82) is 0 Å². The maximum Gasteiger partial charge on any atom is 0.200 e. The van der Waals surface area contributed by atoms with Crippen LogP contribution in [-0.2, 0) is 19.1 Å². The number of benzene rings is 2. The van der Waals surface area contributed by atoms with Gasteiger partial charge in [-0.25, -0.2) is 0 Å². The van der Waals surface area contributed by atoms with Gasteiger partial charge in [0.25, 0.3) is 0 Å². The minimum atomic E-state index is -1.13. The summed E-state index contributed by atoms with van der Waals surface area (Å²) in [5.41, 5.74) is -0.434. The molecule has 4 heteroatoms. The molecule has 0 spiro atoms. The second kappa shape index (κ2) is 4.92. The maximum atomic E-state index is 12.8. The molecule has 26 heavy (non-hydrogen) atoms. The van der Waals surface area contributed by atoms with Crippen LogP contribution in [0, 0.1) is 5.92 Å². The van der Waals surface area contributed by atoms with Crippen molar-refractivity contribution in [2.24, 2.45) is 5.92 Å². The van der Waals surface area contributed by atoms with Crippen LogP contribution >= 0.6 is 0 Å². The van der Waals surface area contributed by atoms with Gasteiger partial charge >= 0.3 is 0 Å². The lowest BCUT2D eigenvalue weighted by Crippen LogP contribution is -2.48. The first kappa shape index (κ1) is 15.5. The first-order chi connectivity index (χ1) is 12.5. The molecule has 0 N–H and O–H groups in total. The second-order valence-corrected chi connectivity index (χ2v) is 7.42. The smallest absolute Gasteiger partial charge is 0.200 e. The van der Waals surface area contributed by atoms with Gasteiger partial charge in [0.1, 0.15) is 5.76 Å². The molecule has 0 bridgehead atoms. The molecule has 0 unspecified atom stereocenters. The Kier molecular flexibility index (Phi) is 2.94. The first-order valence-corrected chi connectivity index (χ1v) is 8.76. The number of allylic oxidation sites excluding steroid dienone is 1. The molecule has 1 fully saturated rings. The molecule has 4 nitrogen and oxygen atoms in total. The molecular weight excluding hydrogens is 328 g/mol. The summed E-state index contributed by atoms with van der Waals surface area (Å²) < 4.78 is 12.3. The van der Waals surface area contributed by atoms with Crippen LogP contribution in [0.25, 0.3) is 16.5 Å². The molecule has 3 aliphatic rings. The van der Waals surface area contributed by atoms with E-state index >= 15 is 0 Å². The molecule has 2 aromatic rings. The topological polar surface area (TPSA) is 52.6 Å². The summed E-state index contributed by atoms with van der Waals surface area (Å²) in [6.07, 6.45) is 3.31. The van der Waals surface area contributed by atoms with Gasteiger partial charge in [0.05, 0.1) is 23.7 Å². The van der Waals surface area contributed by atoms with E-state index in [9.17, 15) is 9.59 Å². The molecule has 2 aliphatic heterocycles. The summed E-state index contributed by atoms with van der Waals surface area (Å²) in [6, 6.07) is 13.9. The summed E-state index contributed by atoms with van der Waals surface area (Å²) in [7, 11) is 0. The van der Waals surface area contributed by atoms with Crippen LogP contribution in [0.2, 0.25) is 0 Å². The number of hydrogen-bond acceptors (Lipinski definition) is 4. The molecule has 5 rings (SSSR count). The van der Waals surface area contributed by atoms with E-state index in [4.69, 9.17) is 9.47 Å². The Balaban J connectivity index is 1.82. The van der Waals surface area contributed by atoms with Crippen molar-refractivity contribution >= 4 is 28.1 Å². The SMILES string of the molecule is CC(=O)[C@@]12CO[C@@]3(C)C=CC(=O)C(=C(c4cccc5ccccc45)O1)[C@H]32. The summed E-state index contributed by atoms with van der Waals surface area (Å²) in [5.74, 6) is -0.115. The fourth-order valence-electron chi connectivity index (χ4n) is 4.60. The van der Waals surface area contributed by atoms with Crippen LogP contribution in [0.1, 0.15) is 19.4 Å². The van der Waals surface area contributed by atoms with Gasteiger partial charge in [-0.05, 0) is 36.8 Å². The molecular formula is C22H18O4. The van der Waals surface area contributed by atoms with Crippen LogP contribution < -0.4 is 0 Å². The van der Waals surface area contributed by atoms with Crippen molar-refractivity contribution in [2.45, 2.75) is 25.0 Å². The van der Waals surface area contributed by atoms with Crippen molar-refractivity contribution in [3.8, 4) is 0 Å². The van der Waals surface area contributed by atoms with E-state index in [0.29, 0.717) is 11.3 Å². The van der Waals surface area contributed by atoms with E-state index in [1.165, 1.54) is 6.92 Å². The van der Waals surface area contributed by atoms with E-state index in [1.807, 2.05) is 49.4 Å². The third kappa shape index (κ3) is 1.77. The van der Waals surface area contributed by atoms with Gasteiger partial charge in [0, 0.05) is 5.56 Å². The van der Waals surface area contributed by atoms with Gasteiger partial charge in [-0.1, -0.05) is 42.5 Å². The number of ketones is 2. The average molecular weight is 346 g/mol. The van der Waals surface area contributed by atoms with E-state index < -0.39 is 17.1 Å². The fourth-order valence-corrected chi connectivity index (χ4v) is 4.60. The predicted octanol–water partition coefficient (Wildman–Crippen LogP) is 3.45. The van der Waals surface area contributed by atoms with Crippen molar-refractivity contribution in [2.75, 3.05) is 6.61 Å². The van der Waals surface area contributed by atoms with Gasteiger partial charge in [-0.3, -0.25) is 9.59 Å². The van der Waals surface area contributed by atoms with Gasteiger partial charge < -0.3 is 9.47 Å². The lowest BCUT2D eigenvalue weighted by Gasteiger charge is -2.32. The van der Waals surface area contributed by atoms with E-state index in [0.717, 1.165) is 16.3 Å². The van der Waals surface area contributed by atoms with Crippen molar-refractivity contribution < 1.29 is 19.1 Å². The quantitative estimate of drug-likeness (QED) is 0.836. The highest BCUT2D eigenvalue weighted by Crippen LogP contribution is 2.57. The van der Waals surface area contributed by atoms with Gasteiger partial charge in [0.2, 0.25) is 0 Å². The zero-order chi connectivity index (χ0) is 18.1. The Labute approximate surface area is 151 Å². The molecule has 0 amide bonds. The Hall–Kier alpha value is -2.72. The molecule has 1 aliphatic carbocycles. The molecule has 0 saturated carbocycles. The standard InChI is InChI=1S/C22H18O4/c1-13(23)22-12-25-21(2)11-10-17(24)18(20(21)22)19(26-22)16-9-5-7-14-6-3-4-8-15(14)16/h3-11,20H,12H2,1-2H3/t20-,21+,22-/m1/s1. The summed E-state index contributed by atoms with van der Waals surface area (Å²) in [5, 5.41) is 2.06. The van der Waals surface area contributed by atoms with E-state index in [2.05, 4.69) is 0 Å². The molecule has 0 radical (unpaired) electrons. The Morgan fingerprint density at radius 2 is 1.92 bits per heavy atom. The number of ether oxygens (including phenoxy) is 2. The van der Waals surface area contributed by atoms with Gasteiger partial charge in [-0.15, -0.1) is 0 Å². The molecule has 130 valence electrons. The highest BCUT2D eigenvalue weighted by atomic mass is 16.6. The summed E-state index contributed by atoms with van der Waals surface area (Å²) in [4.78, 5) is 25.4. The third-order valence-corrected chi connectivity index (χ3v) is 5.92. The Morgan fingerprint density at radius 1 is 1.15 bits per heavy atom. The zero-order valence-corrected chi connectivity index (χ0v) is 14.6. The number of hydrogen-bond donors (Lipinski definition) is 0. The predicted molar refractivity (Wildman–Crippen MR) is 97.4 cm³/mol. The van der Waals surface area contributed by atoms with E-state index in [1.54, 1.807) is 12.2 Å². The van der Waals surface area contributed by atoms with Crippen LogP contribution in [0.5, 0.6) is 0 Å². The van der Waals surface area contributed by atoms with Crippen molar-refractivity contribution in [1.82, 2.24) is 0 Å². The van der Waals surface area contributed by atoms with Gasteiger partial charge in [0.15, 0.2) is 17.2 Å². The molecule has 1 saturated heterocycles. The molecule has 2 heterocycles. The summed E-state index contributed by atoms with van der Waals surface area (Å²) in [6.45, 7) is 3.58. The lowest BCUT2D eigenvalue weighted by atomic mass is 9.70. The average Bonchev–Trinajstić information content (AvgIpc) is 3.15. The monoisotopic (exact) mass is 346 g/mol. The minimum absolute atomic E-state index is 0.107. The first-order valence-electron chi connectivity index (χ1n) is 8.76. The van der Waals surface area contributed by atoms with Crippen LogP contribution in [0.3, 0.4) is 0 Å². The lowest BCUT2D eigenvalue weighted by molar-refractivity contribution is -0.135. The molecule has 0 aromatic heterocycles. The molecule has 3 atom stereocenters. The van der Waals surface area contributed by atoms with E-state index in [-0.39, 0.29) is 18.2 Å². The van der Waals surface area contributed by atoms with Gasteiger partial charge in [-0.2, -0.15) is 0 Å². The Bertz CT molecular complexity index is 1040. The second-order valence-electron chi connectivity index (χ2n) is 7.42. The maximum absolute atomic E-state index is 12.8. The number of rotatable bonds is 2. The highest BCUT2D eigenvalue weighted by molar-refractivity contribution is 6.14.